The summed E-state index contributed by atoms with van der Waals surface area (Å²) in [6.45, 7) is 1.99. The van der Waals surface area contributed by atoms with Crippen molar-refractivity contribution in [2.45, 2.75) is 6.92 Å². The number of carbonyl (C=O) groups excluding carboxylic acids is 2. The van der Waals surface area contributed by atoms with Crippen LogP contribution < -0.4 is 0 Å². The number of ether oxygens (including phenoxy) is 2. The second-order valence-electron chi connectivity index (χ2n) is 3.33. The predicted octanol–water partition coefficient (Wildman–Crippen LogP) is 2.87. The summed E-state index contributed by atoms with van der Waals surface area (Å²) in [5.41, 5.74) is 0.649. The number of carbonyl (C=O) groups is 2. The Bertz CT molecular complexity index is 580. The molecule has 0 bridgehead atoms. The zero-order valence-corrected chi connectivity index (χ0v) is 12.8. The maximum absolute atomic E-state index is 11.7. The van der Waals surface area contributed by atoms with Gasteiger partial charge in [-0.2, -0.15) is 0 Å². The molecule has 0 atom stereocenters. The normalized spacial score (nSPS) is 10.5. The fourth-order valence-electron chi connectivity index (χ4n) is 1.33. The number of nitrogens with one attached hydrogen (secondary N) is 1. The van der Waals surface area contributed by atoms with Gasteiger partial charge >= 0.3 is 11.9 Å². The Hall–Kier alpha value is -1.47. The first kappa shape index (κ1) is 15.6. The molecule has 7 heteroatoms. The average Bonchev–Trinajstić information content (AvgIpc) is 2.39. The number of rotatable bonds is 4. The highest BCUT2D eigenvalue weighted by Crippen LogP contribution is 2.22. The standard InChI is InChI=1S/C12H12BrNO4S/c1-3-18-9(15)5-4-7-8(13)6-14-11(19)10(7)12(16)17-2/h4-6H,3H2,1-2H3,(H,14,19)/b5-4+. The zero-order chi connectivity index (χ0) is 14.4. The smallest absolute Gasteiger partial charge is 0.341 e. The van der Waals surface area contributed by atoms with Gasteiger partial charge in [0.05, 0.1) is 13.7 Å². The first-order valence-corrected chi connectivity index (χ1v) is 6.55. The maximum atomic E-state index is 11.7. The van der Waals surface area contributed by atoms with Gasteiger partial charge in [-0.15, -0.1) is 0 Å². The lowest BCUT2D eigenvalue weighted by molar-refractivity contribution is -0.137. The number of methoxy groups -OCH3 is 1. The van der Waals surface area contributed by atoms with Crippen LogP contribution in [0.2, 0.25) is 0 Å². The summed E-state index contributed by atoms with van der Waals surface area (Å²) in [5, 5.41) is 0. The van der Waals surface area contributed by atoms with Gasteiger partial charge in [-0.05, 0) is 28.9 Å². The van der Waals surface area contributed by atoms with Crippen LogP contribution in [0.15, 0.2) is 16.7 Å². The van der Waals surface area contributed by atoms with E-state index < -0.39 is 11.9 Å². The molecule has 19 heavy (non-hydrogen) atoms. The van der Waals surface area contributed by atoms with E-state index in [2.05, 4.69) is 25.7 Å². The van der Waals surface area contributed by atoms with E-state index in [1.54, 1.807) is 13.1 Å². The summed E-state index contributed by atoms with van der Waals surface area (Å²) in [6.07, 6.45) is 4.27. The van der Waals surface area contributed by atoms with Gasteiger partial charge in [0, 0.05) is 22.3 Å². The second kappa shape index (κ2) is 7.20. The molecule has 0 aliphatic rings. The Balaban J connectivity index is 3.26. The summed E-state index contributed by atoms with van der Waals surface area (Å²) in [4.78, 5) is 25.7. The third-order valence-corrected chi connectivity index (χ3v) is 3.12. The van der Waals surface area contributed by atoms with Crippen LogP contribution in [-0.4, -0.2) is 30.6 Å². The van der Waals surface area contributed by atoms with Crippen LogP contribution in [0.4, 0.5) is 0 Å². The molecule has 1 aromatic rings. The molecule has 0 saturated carbocycles. The summed E-state index contributed by atoms with van der Waals surface area (Å²) in [6, 6.07) is 0. The van der Waals surface area contributed by atoms with Crippen molar-refractivity contribution < 1.29 is 19.1 Å². The largest absolute Gasteiger partial charge is 0.465 e. The van der Waals surface area contributed by atoms with Crippen molar-refractivity contribution in [2.24, 2.45) is 0 Å². The van der Waals surface area contributed by atoms with Crippen LogP contribution in [0.25, 0.3) is 6.08 Å². The van der Waals surface area contributed by atoms with Gasteiger partial charge < -0.3 is 14.5 Å². The molecule has 102 valence electrons. The van der Waals surface area contributed by atoms with Crippen LogP contribution in [0.5, 0.6) is 0 Å². The molecule has 1 aromatic heterocycles. The molecule has 0 aliphatic heterocycles. The Morgan fingerprint density at radius 3 is 2.79 bits per heavy atom. The van der Waals surface area contributed by atoms with Gasteiger partial charge in [-0.3, -0.25) is 0 Å². The number of halogens is 1. The number of hydrogen-bond donors (Lipinski definition) is 1. The van der Waals surface area contributed by atoms with Gasteiger partial charge in [0.15, 0.2) is 0 Å². The van der Waals surface area contributed by atoms with Crippen LogP contribution in [0, 0.1) is 4.64 Å². The van der Waals surface area contributed by atoms with Crippen molar-refractivity contribution in [1.29, 1.82) is 0 Å². The summed E-state index contributed by atoms with van der Waals surface area (Å²) < 4.78 is 10.3. The highest BCUT2D eigenvalue weighted by molar-refractivity contribution is 9.10. The van der Waals surface area contributed by atoms with Gasteiger partial charge in [-0.1, -0.05) is 12.2 Å². The third-order valence-electron chi connectivity index (χ3n) is 2.15. The number of H-pyrrole nitrogens is 1. The molecule has 0 radical (unpaired) electrons. The zero-order valence-electron chi connectivity index (χ0n) is 10.4. The number of aromatic nitrogens is 1. The van der Waals surface area contributed by atoms with Gasteiger partial charge in [0.25, 0.3) is 0 Å². The molecule has 0 saturated heterocycles. The second-order valence-corrected chi connectivity index (χ2v) is 4.59. The fourth-order valence-corrected chi connectivity index (χ4v) is 2.03. The van der Waals surface area contributed by atoms with Crippen molar-refractivity contribution in [3.8, 4) is 0 Å². The minimum absolute atomic E-state index is 0.187. The number of pyridine rings is 1. The van der Waals surface area contributed by atoms with Crippen molar-refractivity contribution >= 4 is 46.2 Å². The molecular formula is C12H12BrNO4S. The summed E-state index contributed by atoms with van der Waals surface area (Å²) >= 11 is 8.32. The van der Waals surface area contributed by atoms with E-state index in [0.29, 0.717) is 10.0 Å². The van der Waals surface area contributed by atoms with Gasteiger partial charge in [0.1, 0.15) is 10.2 Å². The predicted molar refractivity (Wildman–Crippen MR) is 76.3 cm³/mol. The molecule has 0 aromatic carbocycles. The Kier molecular flexibility index (Phi) is 5.91. The van der Waals surface area contributed by atoms with E-state index in [9.17, 15) is 9.59 Å². The number of hydrogen-bond acceptors (Lipinski definition) is 5. The first-order valence-electron chi connectivity index (χ1n) is 5.35. The van der Waals surface area contributed by atoms with Gasteiger partial charge in [0.2, 0.25) is 0 Å². The molecule has 0 unspecified atom stereocenters. The maximum Gasteiger partial charge on any atom is 0.341 e. The average molecular weight is 346 g/mol. The van der Waals surface area contributed by atoms with Crippen LogP contribution in [-0.2, 0) is 14.3 Å². The summed E-state index contributed by atoms with van der Waals surface area (Å²) in [5.74, 6) is -1.07. The highest BCUT2D eigenvalue weighted by atomic mass is 79.9. The summed E-state index contributed by atoms with van der Waals surface area (Å²) in [7, 11) is 1.26. The molecule has 1 N–H and O–H groups in total. The van der Waals surface area contributed by atoms with E-state index in [-0.39, 0.29) is 16.8 Å². The Labute approximate surface area is 123 Å². The minimum atomic E-state index is -0.578. The van der Waals surface area contributed by atoms with E-state index in [4.69, 9.17) is 17.0 Å². The lowest BCUT2D eigenvalue weighted by atomic mass is 10.1. The molecule has 1 heterocycles. The van der Waals surface area contributed by atoms with Crippen molar-refractivity contribution in [2.75, 3.05) is 13.7 Å². The Morgan fingerprint density at radius 1 is 1.53 bits per heavy atom. The van der Waals surface area contributed by atoms with Crippen molar-refractivity contribution in [1.82, 2.24) is 4.98 Å². The molecule has 0 fully saturated rings. The lowest BCUT2D eigenvalue weighted by Gasteiger charge is -2.06. The molecule has 1 rings (SSSR count). The quantitative estimate of drug-likeness (QED) is 0.516. The number of esters is 2. The van der Waals surface area contributed by atoms with Crippen LogP contribution >= 0.6 is 28.1 Å². The molecular weight excluding hydrogens is 334 g/mol. The van der Waals surface area contributed by atoms with E-state index >= 15 is 0 Å². The molecule has 0 aliphatic carbocycles. The van der Waals surface area contributed by atoms with Gasteiger partial charge in [-0.25, -0.2) is 9.59 Å². The Morgan fingerprint density at radius 2 is 2.21 bits per heavy atom. The molecule has 0 spiro atoms. The number of aromatic amines is 1. The third kappa shape index (κ3) is 4.00. The lowest BCUT2D eigenvalue weighted by Crippen LogP contribution is -2.07. The first-order chi connectivity index (χ1) is 9.01. The minimum Gasteiger partial charge on any atom is -0.465 e. The molecule has 5 nitrogen and oxygen atoms in total. The van der Waals surface area contributed by atoms with E-state index in [0.717, 1.165) is 0 Å². The fraction of sp³-hybridized carbons (Fsp3) is 0.250. The SMILES string of the molecule is CCOC(=O)/C=C/c1c(Br)c[nH]c(=S)c1C(=O)OC. The monoisotopic (exact) mass is 345 g/mol. The van der Waals surface area contributed by atoms with Crippen molar-refractivity contribution in [3.05, 3.63) is 32.5 Å². The molecule has 0 amide bonds. The topological polar surface area (TPSA) is 68.4 Å². The van der Waals surface area contributed by atoms with Crippen LogP contribution in [0.1, 0.15) is 22.8 Å². The van der Waals surface area contributed by atoms with Crippen LogP contribution in [0.3, 0.4) is 0 Å². The van der Waals surface area contributed by atoms with Crippen molar-refractivity contribution in [3.63, 3.8) is 0 Å². The van der Waals surface area contributed by atoms with E-state index in [1.165, 1.54) is 19.3 Å². The highest BCUT2D eigenvalue weighted by Gasteiger charge is 2.15. The van der Waals surface area contributed by atoms with E-state index in [1.807, 2.05) is 0 Å².